The zero-order valence-corrected chi connectivity index (χ0v) is 17.2. The largest absolute Gasteiger partial charge is 0.359 e. The molecule has 0 aromatic heterocycles. The van der Waals surface area contributed by atoms with Crippen LogP contribution in [0.5, 0.6) is 0 Å². The minimum absolute atomic E-state index is 0.0000950. The third-order valence-electron chi connectivity index (χ3n) is 4.70. The number of guanidine groups is 1. The van der Waals surface area contributed by atoms with Gasteiger partial charge < -0.3 is 16.0 Å². The molecule has 1 saturated carbocycles. The van der Waals surface area contributed by atoms with Gasteiger partial charge in [-0.05, 0) is 51.3 Å². The molecule has 1 aliphatic rings. The van der Waals surface area contributed by atoms with Crippen molar-refractivity contribution in [3.05, 3.63) is 34.3 Å². The Morgan fingerprint density at radius 2 is 2.04 bits per heavy atom. The van der Waals surface area contributed by atoms with Gasteiger partial charge >= 0.3 is 0 Å². The molecule has 0 atom stereocenters. The highest BCUT2D eigenvalue weighted by atomic mass is 79.9. The van der Waals surface area contributed by atoms with Crippen molar-refractivity contribution in [1.29, 1.82) is 0 Å². The van der Waals surface area contributed by atoms with Crippen LogP contribution in [-0.2, 0) is 10.2 Å². The number of aliphatic imine (C=N–C) groups is 1. The number of amides is 1. The molecule has 1 amide bonds. The second-order valence-electron chi connectivity index (χ2n) is 7.30. The first-order chi connectivity index (χ1) is 11.8. The molecule has 6 heteroatoms. The Morgan fingerprint density at radius 1 is 1.32 bits per heavy atom. The molecule has 25 heavy (non-hydrogen) atoms. The first kappa shape index (κ1) is 19.8. The van der Waals surface area contributed by atoms with Gasteiger partial charge in [0.2, 0.25) is 5.91 Å². The van der Waals surface area contributed by atoms with E-state index in [0.717, 1.165) is 23.5 Å². The van der Waals surface area contributed by atoms with Crippen LogP contribution in [0.15, 0.2) is 33.7 Å². The normalized spacial score (nSPS) is 16.3. The molecule has 0 bridgehead atoms. The second kappa shape index (κ2) is 8.21. The van der Waals surface area contributed by atoms with Crippen LogP contribution in [0.3, 0.4) is 0 Å². The molecule has 0 saturated heterocycles. The number of nitrogens with one attached hydrogen (secondary N) is 3. The van der Waals surface area contributed by atoms with Crippen LogP contribution in [0.2, 0.25) is 0 Å². The molecular weight excluding hydrogens is 380 g/mol. The third-order valence-corrected chi connectivity index (χ3v) is 5.20. The van der Waals surface area contributed by atoms with Gasteiger partial charge in [-0.3, -0.25) is 9.79 Å². The maximum Gasteiger partial charge on any atom is 0.227 e. The summed E-state index contributed by atoms with van der Waals surface area (Å²) in [5.74, 6) is 0.764. The van der Waals surface area contributed by atoms with Gasteiger partial charge in [-0.1, -0.05) is 28.1 Å². The average molecular weight is 409 g/mol. The number of carbonyl (C=O) groups excluding carboxylic acids is 1. The molecule has 0 unspecified atom stereocenters. The highest BCUT2D eigenvalue weighted by Crippen LogP contribution is 2.48. The van der Waals surface area contributed by atoms with E-state index in [0.29, 0.717) is 6.54 Å². The predicted octanol–water partition coefficient (Wildman–Crippen LogP) is 2.81. The Bertz CT molecular complexity index is 638. The zero-order valence-electron chi connectivity index (χ0n) is 15.6. The number of hydrogen-bond acceptors (Lipinski definition) is 2. The average Bonchev–Trinajstić information content (AvgIpc) is 3.38. The summed E-state index contributed by atoms with van der Waals surface area (Å²) >= 11 is 3.56. The maximum atomic E-state index is 11.9. The third kappa shape index (κ3) is 5.21. The highest BCUT2D eigenvalue weighted by Gasteiger charge is 2.44. The molecule has 0 spiro atoms. The van der Waals surface area contributed by atoms with Gasteiger partial charge in [-0.2, -0.15) is 0 Å². The molecular formula is C19H29BrN4O. The van der Waals surface area contributed by atoms with E-state index in [2.05, 4.69) is 61.1 Å². The molecule has 0 heterocycles. The molecule has 5 nitrogen and oxygen atoms in total. The summed E-state index contributed by atoms with van der Waals surface area (Å²) in [6, 6.07) is 8.54. The van der Waals surface area contributed by atoms with Crippen molar-refractivity contribution < 1.29 is 4.79 Å². The van der Waals surface area contributed by atoms with E-state index in [-0.39, 0.29) is 11.3 Å². The molecule has 138 valence electrons. The van der Waals surface area contributed by atoms with Gasteiger partial charge in [0.05, 0.1) is 12.0 Å². The second-order valence-corrected chi connectivity index (χ2v) is 8.22. The summed E-state index contributed by atoms with van der Waals surface area (Å²) < 4.78 is 1.11. The van der Waals surface area contributed by atoms with Gasteiger partial charge in [-0.25, -0.2) is 0 Å². The van der Waals surface area contributed by atoms with Crippen molar-refractivity contribution in [1.82, 2.24) is 16.0 Å². The van der Waals surface area contributed by atoms with Crippen molar-refractivity contribution in [3.63, 3.8) is 0 Å². The van der Waals surface area contributed by atoms with Crippen LogP contribution in [0, 0.1) is 5.41 Å². The fraction of sp³-hybridized carbons (Fsp3) is 0.579. The van der Waals surface area contributed by atoms with Crippen LogP contribution in [0.25, 0.3) is 0 Å². The Morgan fingerprint density at radius 3 is 2.60 bits per heavy atom. The van der Waals surface area contributed by atoms with Crippen LogP contribution >= 0.6 is 15.9 Å². The number of halogens is 1. The van der Waals surface area contributed by atoms with Crippen molar-refractivity contribution in [3.8, 4) is 0 Å². The molecule has 0 aliphatic heterocycles. The number of rotatable bonds is 7. The van der Waals surface area contributed by atoms with Crippen molar-refractivity contribution in [2.45, 2.75) is 39.0 Å². The molecule has 0 radical (unpaired) electrons. The number of nitrogens with zero attached hydrogens (tertiary/aromatic N) is 1. The highest BCUT2D eigenvalue weighted by molar-refractivity contribution is 9.10. The monoisotopic (exact) mass is 408 g/mol. The number of carbonyl (C=O) groups is 1. The van der Waals surface area contributed by atoms with E-state index in [4.69, 9.17) is 0 Å². The molecule has 1 fully saturated rings. The van der Waals surface area contributed by atoms with E-state index in [1.807, 2.05) is 20.8 Å². The predicted molar refractivity (Wildman–Crippen MR) is 107 cm³/mol. The Balaban J connectivity index is 2.02. The standard InChI is InChI=1S/C19H29BrN4O/c1-5-22-17(23-12-18(2,3)16(25)21-4)24-13-19(9-10-19)14-7-6-8-15(20)11-14/h6-8,11H,5,9-10,12-13H2,1-4H3,(H,21,25)(H2,22,23,24). The van der Waals surface area contributed by atoms with Crippen molar-refractivity contribution >= 4 is 27.8 Å². The molecule has 1 aliphatic carbocycles. The summed E-state index contributed by atoms with van der Waals surface area (Å²) in [4.78, 5) is 16.5. The van der Waals surface area contributed by atoms with Gasteiger partial charge in [0, 0.05) is 30.0 Å². The zero-order chi connectivity index (χ0) is 18.5. The lowest BCUT2D eigenvalue weighted by Gasteiger charge is -2.22. The molecule has 3 N–H and O–H groups in total. The summed E-state index contributed by atoms with van der Waals surface area (Å²) in [5.41, 5.74) is 1.02. The van der Waals surface area contributed by atoms with Crippen LogP contribution < -0.4 is 16.0 Å². The number of hydrogen-bond donors (Lipinski definition) is 3. The lowest BCUT2D eigenvalue weighted by atomic mass is 9.93. The first-order valence-electron chi connectivity index (χ1n) is 8.83. The summed E-state index contributed by atoms with van der Waals surface area (Å²) in [6.07, 6.45) is 2.36. The van der Waals surface area contributed by atoms with E-state index in [1.165, 1.54) is 18.4 Å². The molecule has 1 aromatic carbocycles. The Hall–Kier alpha value is -1.56. The van der Waals surface area contributed by atoms with Crippen LogP contribution in [0.1, 0.15) is 39.2 Å². The molecule has 2 rings (SSSR count). The summed E-state index contributed by atoms with van der Waals surface area (Å²) in [5, 5.41) is 9.44. The Labute approximate surface area is 159 Å². The van der Waals surface area contributed by atoms with E-state index in [1.54, 1.807) is 7.05 Å². The molecule has 1 aromatic rings. The smallest absolute Gasteiger partial charge is 0.227 e. The fourth-order valence-corrected chi connectivity index (χ4v) is 3.22. The van der Waals surface area contributed by atoms with E-state index >= 15 is 0 Å². The summed E-state index contributed by atoms with van der Waals surface area (Å²) in [6.45, 7) is 7.92. The SMILES string of the molecule is CCNC(=NCC(C)(C)C(=O)NC)NCC1(c2cccc(Br)c2)CC1. The van der Waals surface area contributed by atoms with Crippen molar-refractivity contribution in [2.24, 2.45) is 10.4 Å². The van der Waals surface area contributed by atoms with Crippen LogP contribution in [-0.4, -0.2) is 38.5 Å². The first-order valence-corrected chi connectivity index (χ1v) is 9.63. The fourth-order valence-electron chi connectivity index (χ4n) is 2.82. The van der Waals surface area contributed by atoms with Crippen LogP contribution in [0.4, 0.5) is 0 Å². The van der Waals surface area contributed by atoms with Gasteiger partial charge in [0.1, 0.15) is 0 Å². The van der Waals surface area contributed by atoms with Gasteiger partial charge in [0.15, 0.2) is 5.96 Å². The van der Waals surface area contributed by atoms with Gasteiger partial charge in [-0.15, -0.1) is 0 Å². The lowest BCUT2D eigenvalue weighted by Crippen LogP contribution is -2.43. The van der Waals surface area contributed by atoms with Gasteiger partial charge in [0.25, 0.3) is 0 Å². The topological polar surface area (TPSA) is 65.5 Å². The minimum Gasteiger partial charge on any atom is -0.359 e. The number of benzene rings is 1. The summed E-state index contributed by atoms with van der Waals surface area (Å²) in [7, 11) is 1.66. The van der Waals surface area contributed by atoms with Crippen molar-refractivity contribution in [2.75, 3.05) is 26.7 Å². The maximum absolute atomic E-state index is 11.9. The van der Waals surface area contributed by atoms with E-state index < -0.39 is 5.41 Å². The van der Waals surface area contributed by atoms with E-state index in [9.17, 15) is 4.79 Å². The lowest BCUT2D eigenvalue weighted by molar-refractivity contribution is -0.128. The quantitative estimate of drug-likeness (QED) is 0.479. The minimum atomic E-state index is -0.529. The Kier molecular flexibility index (Phi) is 6.49.